The molecule has 120 valence electrons. The van der Waals surface area contributed by atoms with Gasteiger partial charge in [-0.05, 0) is 44.2 Å². The Hall–Kier alpha value is -1.59. The molecule has 2 aromatic rings. The van der Waals surface area contributed by atoms with Crippen molar-refractivity contribution in [3.05, 3.63) is 45.4 Å². The van der Waals surface area contributed by atoms with Crippen molar-refractivity contribution >= 4 is 17.2 Å². The topological polar surface area (TPSA) is 54.3 Å². The van der Waals surface area contributed by atoms with Crippen LogP contribution in [0, 0.1) is 13.8 Å². The fourth-order valence-electron chi connectivity index (χ4n) is 2.48. The molecule has 1 atom stereocenters. The second-order valence-electron chi connectivity index (χ2n) is 5.56. The van der Waals surface area contributed by atoms with Crippen molar-refractivity contribution in [2.24, 2.45) is 0 Å². The molecule has 22 heavy (non-hydrogen) atoms. The molecule has 0 aliphatic carbocycles. The third-order valence-electron chi connectivity index (χ3n) is 3.95. The summed E-state index contributed by atoms with van der Waals surface area (Å²) in [4.78, 5) is 13.6. The summed E-state index contributed by atoms with van der Waals surface area (Å²) in [5.41, 5.74) is 2.80. The SMILES string of the molecule is CCC(O)CCNC(=O)c1cc(C)n(Cc2cccs2)c1C. The number of nitrogens with one attached hydrogen (secondary N) is 1. The van der Waals surface area contributed by atoms with Gasteiger partial charge in [-0.15, -0.1) is 11.3 Å². The zero-order chi connectivity index (χ0) is 16.1. The molecule has 0 saturated heterocycles. The summed E-state index contributed by atoms with van der Waals surface area (Å²) in [7, 11) is 0. The van der Waals surface area contributed by atoms with Crippen molar-refractivity contribution < 1.29 is 9.90 Å². The van der Waals surface area contributed by atoms with Crippen LogP contribution in [-0.4, -0.2) is 28.2 Å². The number of aromatic nitrogens is 1. The molecule has 0 radical (unpaired) electrons. The van der Waals surface area contributed by atoms with Gasteiger partial charge in [0.15, 0.2) is 0 Å². The van der Waals surface area contributed by atoms with Crippen molar-refractivity contribution in [1.82, 2.24) is 9.88 Å². The molecule has 2 aromatic heterocycles. The maximum Gasteiger partial charge on any atom is 0.253 e. The normalized spacial score (nSPS) is 12.4. The van der Waals surface area contributed by atoms with Crippen LogP contribution in [0.3, 0.4) is 0 Å². The Morgan fingerprint density at radius 3 is 2.86 bits per heavy atom. The van der Waals surface area contributed by atoms with Crippen LogP contribution < -0.4 is 5.32 Å². The van der Waals surface area contributed by atoms with Crippen molar-refractivity contribution in [3.63, 3.8) is 0 Å². The Morgan fingerprint density at radius 1 is 1.45 bits per heavy atom. The van der Waals surface area contributed by atoms with Gasteiger partial charge in [0.2, 0.25) is 0 Å². The number of carbonyl (C=O) groups is 1. The summed E-state index contributed by atoms with van der Waals surface area (Å²) in [6.45, 7) is 7.25. The first kappa shape index (κ1) is 16.8. The minimum atomic E-state index is -0.341. The van der Waals surface area contributed by atoms with Gasteiger partial charge in [-0.25, -0.2) is 0 Å². The Morgan fingerprint density at radius 2 is 2.23 bits per heavy atom. The molecule has 1 amide bonds. The van der Waals surface area contributed by atoms with E-state index >= 15 is 0 Å². The van der Waals surface area contributed by atoms with E-state index in [9.17, 15) is 9.90 Å². The van der Waals surface area contributed by atoms with Crippen LogP contribution in [0.5, 0.6) is 0 Å². The number of aliphatic hydroxyl groups excluding tert-OH is 1. The number of amides is 1. The highest BCUT2D eigenvalue weighted by molar-refractivity contribution is 7.09. The van der Waals surface area contributed by atoms with E-state index in [0.29, 0.717) is 19.4 Å². The largest absolute Gasteiger partial charge is 0.393 e. The highest BCUT2D eigenvalue weighted by Gasteiger charge is 2.16. The highest BCUT2D eigenvalue weighted by Crippen LogP contribution is 2.19. The van der Waals surface area contributed by atoms with Gasteiger partial charge in [-0.1, -0.05) is 13.0 Å². The maximum absolute atomic E-state index is 12.3. The molecule has 0 aromatic carbocycles. The summed E-state index contributed by atoms with van der Waals surface area (Å²) in [5, 5.41) is 14.5. The van der Waals surface area contributed by atoms with Crippen LogP contribution >= 0.6 is 11.3 Å². The molecule has 0 aliphatic rings. The fraction of sp³-hybridized carbons (Fsp3) is 0.471. The van der Waals surface area contributed by atoms with Gasteiger partial charge in [0.25, 0.3) is 5.91 Å². The average molecular weight is 320 g/mol. The predicted octanol–water partition coefficient (Wildman–Crippen LogP) is 3.11. The van der Waals surface area contributed by atoms with Crippen LogP contribution in [0.25, 0.3) is 0 Å². The molecule has 5 heteroatoms. The van der Waals surface area contributed by atoms with Crippen LogP contribution in [0.2, 0.25) is 0 Å². The van der Waals surface area contributed by atoms with Gasteiger partial charge in [0, 0.05) is 22.8 Å². The quantitative estimate of drug-likeness (QED) is 0.823. The lowest BCUT2D eigenvalue weighted by Gasteiger charge is -2.10. The molecule has 2 heterocycles. The van der Waals surface area contributed by atoms with Gasteiger partial charge in [-0.3, -0.25) is 4.79 Å². The number of aliphatic hydroxyl groups is 1. The van der Waals surface area contributed by atoms with E-state index in [1.807, 2.05) is 32.9 Å². The van der Waals surface area contributed by atoms with E-state index in [4.69, 9.17) is 0 Å². The molecule has 0 fully saturated rings. The van der Waals surface area contributed by atoms with Gasteiger partial charge in [0.05, 0.1) is 18.2 Å². The monoisotopic (exact) mass is 320 g/mol. The molecule has 0 saturated carbocycles. The number of aryl methyl sites for hydroxylation is 1. The number of rotatable bonds is 7. The van der Waals surface area contributed by atoms with Crippen molar-refractivity contribution in [1.29, 1.82) is 0 Å². The summed E-state index contributed by atoms with van der Waals surface area (Å²) in [5.74, 6) is -0.0613. The molecule has 2 rings (SSSR count). The summed E-state index contributed by atoms with van der Waals surface area (Å²) < 4.78 is 2.17. The van der Waals surface area contributed by atoms with Crippen LogP contribution in [0.1, 0.15) is 46.4 Å². The summed E-state index contributed by atoms with van der Waals surface area (Å²) >= 11 is 1.72. The van der Waals surface area contributed by atoms with Gasteiger partial charge < -0.3 is 15.0 Å². The van der Waals surface area contributed by atoms with Crippen LogP contribution in [0.4, 0.5) is 0 Å². The standard InChI is InChI=1S/C17H24N2O2S/c1-4-14(20)7-8-18-17(21)16-10-12(2)19(13(16)3)11-15-6-5-9-22-15/h5-6,9-10,14,20H,4,7-8,11H2,1-3H3,(H,18,21). The van der Waals surface area contributed by atoms with E-state index in [1.165, 1.54) is 4.88 Å². The molecule has 0 aliphatic heterocycles. The van der Waals surface area contributed by atoms with E-state index in [0.717, 1.165) is 23.5 Å². The Bertz CT molecular complexity index is 617. The smallest absolute Gasteiger partial charge is 0.253 e. The second kappa shape index (κ2) is 7.61. The molecule has 2 N–H and O–H groups in total. The zero-order valence-corrected chi connectivity index (χ0v) is 14.2. The lowest BCUT2D eigenvalue weighted by molar-refractivity contribution is 0.0941. The first-order chi connectivity index (χ1) is 10.5. The number of carbonyl (C=O) groups excluding carboxylic acids is 1. The Kier molecular flexibility index (Phi) is 5.80. The summed E-state index contributed by atoms with van der Waals surface area (Å²) in [6, 6.07) is 6.09. The van der Waals surface area contributed by atoms with Gasteiger partial charge in [-0.2, -0.15) is 0 Å². The zero-order valence-electron chi connectivity index (χ0n) is 13.4. The third-order valence-corrected chi connectivity index (χ3v) is 4.81. The molecule has 0 spiro atoms. The van der Waals surface area contributed by atoms with Crippen LogP contribution in [-0.2, 0) is 6.54 Å². The van der Waals surface area contributed by atoms with Gasteiger partial charge in [0.1, 0.15) is 0 Å². The lowest BCUT2D eigenvalue weighted by Crippen LogP contribution is -2.27. The number of nitrogens with zero attached hydrogens (tertiary/aromatic N) is 1. The molecule has 1 unspecified atom stereocenters. The molecular weight excluding hydrogens is 296 g/mol. The van der Waals surface area contributed by atoms with E-state index < -0.39 is 0 Å². The Labute approximate surface area is 135 Å². The second-order valence-corrected chi connectivity index (χ2v) is 6.59. The lowest BCUT2D eigenvalue weighted by atomic mass is 10.2. The van der Waals surface area contributed by atoms with Crippen molar-refractivity contribution in [3.8, 4) is 0 Å². The number of hydrogen-bond acceptors (Lipinski definition) is 3. The molecule has 4 nitrogen and oxygen atoms in total. The highest BCUT2D eigenvalue weighted by atomic mass is 32.1. The fourth-order valence-corrected chi connectivity index (χ4v) is 3.18. The van der Waals surface area contributed by atoms with E-state index in [2.05, 4.69) is 21.3 Å². The summed E-state index contributed by atoms with van der Waals surface area (Å²) in [6.07, 6.45) is 0.966. The van der Waals surface area contributed by atoms with Crippen molar-refractivity contribution in [2.45, 2.75) is 46.3 Å². The first-order valence-electron chi connectivity index (χ1n) is 7.68. The van der Waals surface area contributed by atoms with Gasteiger partial charge >= 0.3 is 0 Å². The number of hydrogen-bond donors (Lipinski definition) is 2. The third kappa shape index (κ3) is 3.99. The van der Waals surface area contributed by atoms with E-state index in [1.54, 1.807) is 11.3 Å². The minimum Gasteiger partial charge on any atom is -0.393 e. The predicted molar refractivity (Wildman–Crippen MR) is 90.6 cm³/mol. The maximum atomic E-state index is 12.3. The molecular formula is C17H24N2O2S. The number of thiophene rings is 1. The van der Waals surface area contributed by atoms with E-state index in [-0.39, 0.29) is 12.0 Å². The molecule has 0 bridgehead atoms. The van der Waals surface area contributed by atoms with Crippen molar-refractivity contribution in [2.75, 3.05) is 6.54 Å². The first-order valence-corrected chi connectivity index (χ1v) is 8.56. The Balaban J connectivity index is 2.04. The average Bonchev–Trinajstić information content (AvgIpc) is 3.10. The van der Waals surface area contributed by atoms with Crippen LogP contribution in [0.15, 0.2) is 23.6 Å². The minimum absolute atomic E-state index is 0.0613.